The van der Waals surface area contributed by atoms with E-state index in [1.54, 1.807) is 31.4 Å². The summed E-state index contributed by atoms with van der Waals surface area (Å²) in [7, 11) is 1.56. The maximum Gasteiger partial charge on any atom is 0.269 e. The van der Waals surface area contributed by atoms with Gasteiger partial charge in [0.05, 0.1) is 24.3 Å². The lowest BCUT2D eigenvalue weighted by Crippen LogP contribution is -2.33. The first kappa shape index (κ1) is 19.4. The Morgan fingerprint density at radius 2 is 1.88 bits per heavy atom. The van der Waals surface area contributed by atoms with E-state index in [0.717, 1.165) is 18.5 Å². The minimum absolute atomic E-state index is 0.0599. The van der Waals surface area contributed by atoms with Crippen molar-refractivity contribution in [3.05, 3.63) is 64.2 Å². The summed E-state index contributed by atoms with van der Waals surface area (Å²) >= 11 is 0. The van der Waals surface area contributed by atoms with Crippen LogP contribution in [0.15, 0.2) is 48.5 Å². The number of methoxy groups -OCH3 is 1. The number of nitro groups is 1. The summed E-state index contributed by atoms with van der Waals surface area (Å²) < 4.78 is 5.24. The van der Waals surface area contributed by atoms with Gasteiger partial charge in [-0.05, 0) is 30.7 Å². The number of carbonyl (C=O) groups is 1. The standard InChI is InChI=1S/C19H23N3O4/c1-3-12-21(13-15-8-10-16(11-9-15)22(24)25)14-19(23)20-17-6-4-5-7-18(17)26-2/h4-11H,3,12-14H2,1-2H3,(H,20,23). The topological polar surface area (TPSA) is 84.7 Å². The van der Waals surface area contributed by atoms with E-state index < -0.39 is 4.92 Å². The molecule has 2 aromatic carbocycles. The number of benzene rings is 2. The maximum absolute atomic E-state index is 12.4. The van der Waals surface area contributed by atoms with E-state index in [-0.39, 0.29) is 18.1 Å². The van der Waals surface area contributed by atoms with Crippen LogP contribution in [0.5, 0.6) is 5.75 Å². The molecule has 0 spiro atoms. The van der Waals surface area contributed by atoms with Crippen LogP contribution in [0.3, 0.4) is 0 Å². The second-order valence-corrected chi connectivity index (χ2v) is 5.88. The summed E-state index contributed by atoms with van der Waals surface area (Å²) in [5.74, 6) is 0.475. The van der Waals surface area contributed by atoms with Gasteiger partial charge in [0, 0.05) is 18.7 Å². The van der Waals surface area contributed by atoms with Gasteiger partial charge in [0.15, 0.2) is 0 Å². The Morgan fingerprint density at radius 3 is 2.50 bits per heavy atom. The molecule has 7 heteroatoms. The van der Waals surface area contributed by atoms with Crippen molar-refractivity contribution in [1.29, 1.82) is 0 Å². The third kappa shape index (κ3) is 5.56. The molecule has 0 aliphatic carbocycles. The van der Waals surface area contributed by atoms with E-state index in [4.69, 9.17) is 4.74 Å². The number of amides is 1. The molecule has 138 valence electrons. The van der Waals surface area contributed by atoms with Crippen molar-refractivity contribution < 1.29 is 14.5 Å². The van der Waals surface area contributed by atoms with Crippen molar-refractivity contribution in [2.24, 2.45) is 0 Å². The number of ether oxygens (including phenoxy) is 1. The third-order valence-corrected chi connectivity index (χ3v) is 3.84. The van der Waals surface area contributed by atoms with Crippen LogP contribution in [0.2, 0.25) is 0 Å². The van der Waals surface area contributed by atoms with Gasteiger partial charge >= 0.3 is 0 Å². The highest BCUT2D eigenvalue weighted by Crippen LogP contribution is 2.23. The summed E-state index contributed by atoms with van der Waals surface area (Å²) in [5, 5.41) is 13.6. The molecular formula is C19H23N3O4. The maximum atomic E-state index is 12.4. The fourth-order valence-electron chi connectivity index (χ4n) is 2.65. The molecule has 1 amide bonds. The highest BCUT2D eigenvalue weighted by atomic mass is 16.6. The molecule has 2 aromatic rings. The molecule has 0 aromatic heterocycles. The quantitative estimate of drug-likeness (QED) is 0.549. The number of nitro benzene ring substituents is 1. The van der Waals surface area contributed by atoms with Gasteiger partial charge in [-0.25, -0.2) is 0 Å². The number of carbonyl (C=O) groups excluding carboxylic acids is 1. The van der Waals surface area contributed by atoms with E-state index in [0.29, 0.717) is 18.0 Å². The van der Waals surface area contributed by atoms with Gasteiger partial charge in [0.1, 0.15) is 5.75 Å². The van der Waals surface area contributed by atoms with Gasteiger partial charge in [-0.15, -0.1) is 0 Å². The minimum Gasteiger partial charge on any atom is -0.495 e. The molecule has 0 radical (unpaired) electrons. The molecule has 0 bridgehead atoms. The molecule has 7 nitrogen and oxygen atoms in total. The third-order valence-electron chi connectivity index (χ3n) is 3.84. The molecule has 0 saturated carbocycles. The van der Waals surface area contributed by atoms with Crippen LogP contribution >= 0.6 is 0 Å². The molecule has 0 fully saturated rings. The number of hydrogen-bond acceptors (Lipinski definition) is 5. The fourth-order valence-corrected chi connectivity index (χ4v) is 2.65. The number of non-ortho nitro benzene ring substituents is 1. The number of anilines is 1. The van der Waals surface area contributed by atoms with E-state index in [9.17, 15) is 14.9 Å². The predicted molar refractivity (Wildman–Crippen MR) is 100 cm³/mol. The van der Waals surface area contributed by atoms with Gasteiger partial charge in [0.25, 0.3) is 5.69 Å². The Hall–Kier alpha value is -2.93. The highest BCUT2D eigenvalue weighted by molar-refractivity contribution is 5.93. The molecule has 0 aliphatic rings. The number of para-hydroxylation sites is 2. The second kappa shape index (κ2) is 9.53. The Labute approximate surface area is 152 Å². The Kier molecular flexibility index (Phi) is 7.11. The first-order chi connectivity index (χ1) is 12.5. The van der Waals surface area contributed by atoms with Crippen molar-refractivity contribution in [1.82, 2.24) is 4.90 Å². The predicted octanol–water partition coefficient (Wildman–Crippen LogP) is 3.45. The smallest absolute Gasteiger partial charge is 0.269 e. The molecule has 26 heavy (non-hydrogen) atoms. The Balaban J connectivity index is 2.00. The lowest BCUT2D eigenvalue weighted by atomic mass is 10.2. The summed E-state index contributed by atoms with van der Waals surface area (Å²) in [4.78, 5) is 24.7. The first-order valence-electron chi connectivity index (χ1n) is 8.42. The Bertz CT molecular complexity index is 747. The van der Waals surface area contributed by atoms with Gasteiger partial charge in [-0.1, -0.05) is 31.2 Å². The van der Waals surface area contributed by atoms with Gasteiger partial charge < -0.3 is 10.1 Å². The lowest BCUT2D eigenvalue weighted by Gasteiger charge is -2.21. The average molecular weight is 357 g/mol. The van der Waals surface area contributed by atoms with E-state index in [2.05, 4.69) is 5.32 Å². The lowest BCUT2D eigenvalue weighted by molar-refractivity contribution is -0.384. The van der Waals surface area contributed by atoms with Crippen LogP contribution in [0, 0.1) is 10.1 Å². The number of hydrogen-bond donors (Lipinski definition) is 1. The van der Waals surface area contributed by atoms with Crippen molar-refractivity contribution >= 4 is 17.3 Å². The average Bonchev–Trinajstić information content (AvgIpc) is 2.62. The largest absolute Gasteiger partial charge is 0.495 e. The molecule has 1 N–H and O–H groups in total. The first-order valence-corrected chi connectivity index (χ1v) is 8.42. The van der Waals surface area contributed by atoms with Crippen LogP contribution < -0.4 is 10.1 Å². The molecule has 0 heterocycles. The van der Waals surface area contributed by atoms with Gasteiger partial charge in [0.2, 0.25) is 5.91 Å². The van der Waals surface area contributed by atoms with E-state index in [1.807, 2.05) is 24.0 Å². The van der Waals surface area contributed by atoms with Gasteiger partial charge in [-0.3, -0.25) is 19.8 Å². The number of rotatable bonds is 9. The van der Waals surface area contributed by atoms with Crippen LogP contribution in [0.25, 0.3) is 0 Å². The molecule has 0 atom stereocenters. The van der Waals surface area contributed by atoms with E-state index >= 15 is 0 Å². The zero-order valence-electron chi connectivity index (χ0n) is 15.0. The molecular weight excluding hydrogens is 334 g/mol. The molecule has 2 rings (SSSR count). The zero-order chi connectivity index (χ0) is 18.9. The zero-order valence-corrected chi connectivity index (χ0v) is 15.0. The van der Waals surface area contributed by atoms with Crippen molar-refractivity contribution in [3.8, 4) is 5.75 Å². The minimum atomic E-state index is -0.422. The summed E-state index contributed by atoms with van der Waals surface area (Å²) in [6.07, 6.45) is 0.898. The second-order valence-electron chi connectivity index (χ2n) is 5.88. The van der Waals surface area contributed by atoms with Crippen molar-refractivity contribution in [2.75, 3.05) is 25.5 Å². The highest BCUT2D eigenvalue weighted by Gasteiger charge is 2.13. The van der Waals surface area contributed by atoms with E-state index in [1.165, 1.54) is 12.1 Å². The number of nitrogens with zero attached hydrogens (tertiary/aromatic N) is 2. The monoisotopic (exact) mass is 357 g/mol. The van der Waals surface area contributed by atoms with Crippen LogP contribution in [0.1, 0.15) is 18.9 Å². The van der Waals surface area contributed by atoms with Crippen molar-refractivity contribution in [2.45, 2.75) is 19.9 Å². The Morgan fingerprint density at radius 1 is 1.19 bits per heavy atom. The normalized spacial score (nSPS) is 10.6. The SMILES string of the molecule is CCCN(CC(=O)Nc1ccccc1OC)Cc1ccc([N+](=O)[O-])cc1. The molecule has 0 unspecified atom stereocenters. The summed E-state index contributed by atoms with van der Waals surface area (Å²) in [5.41, 5.74) is 1.62. The van der Waals surface area contributed by atoms with Crippen LogP contribution in [0.4, 0.5) is 11.4 Å². The molecule has 0 saturated heterocycles. The summed E-state index contributed by atoms with van der Waals surface area (Å²) in [6.45, 7) is 3.56. The fraction of sp³-hybridized carbons (Fsp3) is 0.316. The molecule has 0 aliphatic heterocycles. The van der Waals surface area contributed by atoms with Gasteiger partial charge in [-0.2, -0.15) is 0 Å². The van der Waals surface area contributed by atoms with Crippen molar-refractivity contribution in [3.63, 3.8) is 0 Å². The summed E-state index contributed by atoms with van der Waals surface area (Å²) in [6, 6.07) is 13.7. The van der Waals surface area contributed by atoms with Crippen LogP contribution in [-0.4, -0.2) is 35.9 Å². The number of nitrogens with one attached hydrogen (secondary N) is 1. The van der Waals surface area contributed by atoms with Crippen LogP contribution in [-0.2, 0) is 11.3 Å².